The fourth-order valence-corrected chi connectivity index (χ4v) is 1.54. The Hall–Kier alpha value is -1.13. The zero-order valence-electron chi connectivity index (χ0n) is 9.30. The van der Waals surface area contributed by atoms with Crippen molar-refractivity contribution in [2.45, 2.75) is 26.3 Å². The van der Waals surface area contributed by atoms with Gasteiger partial charge in [0.05, 0.1) is 0 Å². The number of nitrogens with zero attached hydrogens (tertiary/aromatic N) is 1. The van der Waals surface area contributed by atoms with E-state index in [1.165, 1.54) is 6.07 Å². The number of halogens is 2. The SMILES string of the molecule is CC(C)N=C(Cc1c(F)cccc1Cl)NN. The Morgan fingerprint density at radius 1 is 1.56 bits per heavy atom. The minimum absolute atomic E-state index is 0.0941. The lowest BCUT2D eigenvalue weighted by Crippen LogP contribution is -2.33. The van der Waals surface area contributed by atoms with Gasteiger partial charge >= 0.3 is 0 Å². The molecule has 3 nitrogen and oxygen atoms in total. The Kier molecular flexibility index (Phi) is 4.71. The van der Waals surface area contributed by atoms with E-state index in [-0.39, 0.29) is 18.3 Å². The van der Waals surface area contributed by atoms with Crippen molar-refractivity contribution in [1.29, 1.82) is 0 Å². The number of hydrazine groups is 1. The van der Waals surface area contributed by atoms with E-state index >= 15 is 0 Å². The van der Waals surface area contributed by atoms with E-state index in [2.05, 4.69) is 10.4 Å². The average molecular weight is 244 g/mol. The van der Waals surface area contributed by atoms with Crippen molar-refractivity contribution >= 4 is 17.4 Å². The van der Waals surface area contributed by atoms with E-state index in [1.54, 1.807) is 12.1 Å². The van der Waals surface area contributed by atoms with Crippen LogP contribution in [-0.2, 0) is 6.42 Å². The quantitative estimate of drug-likeness (QED) is 0.370. The first-order valence-corrected chi connectivity index (χ1v) is 5.38. The molecule has 1 aromatic carbocycles. The van der Waals surface area contributed by atoms with E-state index in [1.807, 2.05) is 13.8 Å². The fraction of sp³-hybridized carbons (Fsp3) is 0.364. The van der Waals surface area contributed by atoms with Gasteiger partial charge in [-0.25, -0.2) is 10.2 Å². The summed E-state index contributed by atoms with van der Waals surface area (Å²) in [5, 5.41) is 0.381. The third-order valence-electron chi connectivity index (χ3n) is 1.99. The van der Waals surface area contributed by atoms with Crippen molar-refractivity contribution < 1.29 is 4.39 Å². The van der Waals surface area contributed by atoms with Crippen molar-refractivity contribution in [1.82, 2.24) is 5.43 Å². The number of hydrogen-bond acceptors (Lipinski definition) is 2. The largest absolute Gasteiger partial charge is 0.312 e. The highest BCUT2D eigenvalue weighted by atomic mass is 35.5. The number of nitrogens with two attached hydrogens (primary N) is 1. The molecule has 0 aliphatic heterocycles. The zero-order chi connectivity index (χ0) is 12.1. The van der Waals surface area contributed by atoms with Crippen LogP contribution in [0.1, 0.15) is 19.4 Å². The van der Waals surface area contributed by atoms with Gasteiger partial charge in [0.25, 0.3) is 0 Å². The van der Waals surface area contributed by atoms with Crippen molar-refractivity contribution in [3.8, 4) is 0 Å². The monoisotopic (exact) mass is 243 g/mol. The Bertz CT molecular complexity index is 371. The van der Waals surface area contributed by atoms with Gasteiger partial charge in [-0.2, -0.15) is 0 Å². The molecule has 88 valence electrons. The highest BCUT2D eigenvalue weighted by Gasteiger charge is 2.10. The maximum absolute atomic E-state index is 13.5. The Balaban J connectivity index is 2.94. The normalized spacial score (nSPS) is 12.0. The third kappa shape index (κ3) is 3.47. The minimum atomic E-state index is -0.348. The van der Waals surface area contributed by atoms with Crippen LogP contribution in [0.25, 0.3) is 0 Å². The van der Waals surface area contributed by atoms with Crippen LogP contribution in [0.3, 0.4) is 0 Å². The standard InChI is InChI=1S/C11H15ClFN3/c1-7(2)15-11(16-14)6-8-9(12)4-3-5-10(8)13/h3-5,7H,6,14H2,1-2H3,(H,15,16). The number of amidine groups is 1. The van der Waals surface area contributed by atoms with Crippen LogP contribution in [0, 0.1) is 5.82 Å². The van der Waals surface area contributed by atoms with Crippen LogP contribution in [0.4, 0.5) is 4.39 Å². The van der Waals surface area contributed by atoms with E-state index in [4.69, 9.17) is 17.4 Å². The molecule has 0 heterocycles. The molecule has 0 aliphatic rings. The van der Waals surface area contributed by atoms with Gasteiger partial charge < -0.3 is 5.43 Å². The number of rotatable bonds is 3. The molecule has 3 N–H and O–H groups in total. The maximum Gasteiger partial charge on any atom is 0.128 e. The summed E-state index contributed by atoms with van der Waals surface area (Å²) in [6.07, 6.45) is 0.264. The maximum atomic E-state index is 13.5. The molecule has 5 heteroatoms. The Morgan fingerprint density at radius 3 is 2.75 bits per heavy atom. The summed E-state index contributed by atoms with van der Waals surface area (Å²) in [5.74, 6) is 5.49. The molecule has 0 aliphatic carbocycles. The van der Waals surface area contributed by atoms with Gasteiger partial charge in [-0.1, -0.05) is 17.7 Å². The molecule has 0 aromatic heterocycles. The number of benzene rings is 1. The lowest BCUT2D eigenvalue weighted by Gasteiger charge is -2.09. The van der Waals surface area contributed by atoms with Crippen LogP contribution in [-0.4, -0.2) is 11.9 Å². The molecule has 1 aromatic rings. The summed E-state index contributed by atoms with van der Waals surface area (Å²) >= 11 is 5.90. The molecule has 1 rings (SSSR count). The molecule has 0 bridgehead atoms. The summed E-state index contributed by atoms with van der Waals surface area (Å²) < 4.78 is 13.5. The van der Waals surface area contributed by atoms with Crippen LogP contribution >= 0.6 is 11.6 Å². The highest BCUT2D eigenvalue weighted by Crippen LogP contribution is 2.19. The van der Waals surface area contributed by atoms with Crippen molar-refractivity contribution in [2.24, 2.45) is 10.8 Å². The second-order valence-electron chi connectivity index (χ2n) is 3.69. The number of hydrogen-bond donors (Lipinski definition) is 2. The molecular weight excluding hydrogens is 229 g/mol. The lowest BCUT2D eigenvalue weighted by atomic mass is 10.1. The second kappa shape index (κ2) is 5.82. The first kappa shape index (κ1) is 12.9. The molecule has 0 unspecified atom stereocenters. The first-order chi connectivity index (χ1) is 7.54. The molecule has 0 spiro atoms. The van der Waals surface area contributed by atoms with E-state index in [0.717, 1.165) is 0 Å². The molecule has 0 atom stereocenters. The second-order valence-corrected chi connectivity index (χ2v) is 4.10. The molecule has 16 heavy (non-hydrogen) atoms. The van der Waals surface area contributed by atoms with Crippen molar-refractivity contribution in [2.75, 3.05) is 0 Å². The van der Waals surface area contributed by atoms with Crippen molar-refractivity contribution in [3.05, 3.63) is 34.6 Å². The summed E-state index contributed by atoms with van der Waals surface area (Å²) in [5.41, 5.74) is 2.87. The van der Waals surface area contributed by atoms with E-state index in [9.17, 15) is 4.39 Å². The highest BCUT2D eigenvalue weighted by molar-refractivity contribution is 6.31. The van der Waals surface area contributed by atoms with E-state index in [0.29, 0.717) is 16.4 Å². The predicted octanol–water partition coefficient (Wildman–Crippen LogP) is 2.29. The number of aliphatic imine (C=N–C) groups is 1. The van der Waals surface area contributed by atoms with Crippen LogP contribution < -0.4 is 11.3 Å². The Labute approximate surface area is 99.5 Å². The molecule has 0 saturated heterocycles. The molecule has 0 saturated carbocycles. The van der Waals surface area contributed by atoms with Gasteiger partial charge in [0.2, 0.25) is 0 Å². The van der Waals surface area contributed by atoms with E-state index < -0.39 is 0 Å². The first-order valence-electron chi connectivity index (χ1n) is 5.00. The smallest absolute Gasteiger partial charge is 0.128 e. The predicted molar refractivity (Wildman–Crippen MR) is 65.0 cm³/mol. The van der Waals surface area contributed by atoms with Crippen LogP contribution in [0.2, 0.25) is 5.02 Å². The van der Waals surface area contributed by atoms with Gasteiger partial charge in [0.15, 0.2) is 0 Å². The van der Waals surface area contributed by atoms with Crippen LogP contribution in [0.5, 0.6) is 0 Å². The minimum Gasteiger partial charge on any atom is -0.312 e. The topological polar surface area (TPSA) is 50.4 Å². The van der Waals surface area contributed by atoms with Gasteiger partial charge in [-0.15, -0.1) is 0 Å². The summed E-state index contributed by atoms with van der Waals surface area (Å²) in [4.78, 5) is 4.23. The number of nitrogens with one attached hydrogen (secondary N) is 1. The van der Waals surface area contributed by atoms with Gasteiger partial charge in [-0.3, -0.25) is 4.99 Å². The van der Waals surface area contributed by atoms with Gasteiger partial charge in [0, 0.05) is 23.0 Å². The summed E-state index contributed by atoms with van der Waals surface area (Å²) in [6, 6.07) is 4.67. The average Bonchev–Trinajstić information content (AvgIpc) is 2.21. The Morgan fingerprint density at radius 2 is 2.25 bits per heavy atom. The molecule has 0 radical (unpaired) electrons. The summed E-state index contributed by atoms with van der Waals surface area (Å²) in [7, 11) is 0. The lowest BCUT2D eigenvalue weighted by molar-refractivity contribution is 0.615. The van der Waals surface area contributed by atoms with Crippen molar-refractivity contribution in [3.63, 3.8) is 0 Å². The fourth-order valence-electron chi connectivity index (χ4n) is 1.31. The molecular formula is C11H15ClFN3. The third-order valence-corrected chi connectivity index (χ3v) is 2.34. The zero-order valence-corrected chi connectivity index (χ0v) is 10.1. The van der Waals surface area contributed by atoms with Crippen LogP contribution in [0.15, 0.2) is 23.2 Å². The molecule has 0 fully saturated rings. The summed E-state index contributed by atoms with van der Waals surface area (Å²) in [6.45, 7) is 3.83. The molecule has 0 amide bonds. The van der Waals surface area contributed by atoms with Gasteiger partial charge in [0.1, 0.15) is 11.7 Å². The van der Waals surface area contributed by atoms with Gasteiger partial charge in [-0.05, 0) is 26.0 Å².